The molecule has 2 heterocycles. The van der Waals surface area contributed by atoms with Crippen molar-refractivity contribution in [2.75, 3.05) is 5.73 Å². The molecule has 0 fully saturated rings. The first-order valence-electron chi connectivity index (χ1n) is 4.75. The van der Waals surface area contributed by atoms with Crippen LogP contribution in [-0.4, -0.2) is 14.8 Å². The van der Waals surface area contributed by atoms with Gasteiger partial charge in [-0.1, -0.05) is 6.07 Å². The minimum atomic E-state index is -4.52. The second-order valence-corrected chi connectivity index (χ2v) is 3.46. The van der Waals surface area contributed by atoms with Crippen LogP contribution in [0.1, 0.15) is 11.3 Å². The van der Waals surface area contributed by atoms with E-state index in [0.29, 0.717) is 0 Å². The van der Waals surface area contributed by atoms with Crippen LogP contribution < -0.4 is 5.73 Å². The van der Waals surface area contributed by atoms with Crippen LogP contribution in [0.2, 0.25) is 0 Å². The molecule has 0 spiro atoms. The third kappa shape index (κ3) is 1.95. The molecule has 4 nitrogen and oxygen atoms in total. The Balaban J connectivity index is 2.59. The lowest BCUT2D eigenvalue weighted by atomic mass is 10.2. The number of anilines is 1. The van der Waals surface area contributed by atoms with Crippen molar-refractivity contribution in [1.82, 2.24) is 14.8 Å². The summed E-state index contributed by atoms with van der Waals surface area (Å²) in [4.78, 5) is 3.90. The Kier molecular flexibility index (Phi) is 2.53. The molecule has 7 heteroatoms. The number of nitrogens with two attached hydrogens (primary N) is 1. The Morgan fingerprint density at radius 2 is 2.00 bits per heavy atom. The SMILES string of the molecule is Cc1c(C(F)(F)F)nn(-c2ccccn2)c1N. The molecule has 0 aliphatic carbocycles. The number of pyridine rings is 1. The van der Waals surface area contributed by atoms with E-state index in [4.69, 9.17) is 5.73 Å². The zero-order valence-electron chi connectivity index (χ0n) is 8.86. The summed E-state index contributed by atoms with van der Waals surface area (Å²) in [6, 6.07) is 4.83. The summed E-state index contributed by atoms with van der Waals surface area (Å²) in [5.74, 6) is 0.194. The van der Waals surface area contributed by atoms with E-state index < -0.39 is 11.9 Å². The first-order chi connectivity index (χ1) is 7.91. The predicted octanol–water partition coefficient (Wildman–Crippen LogP) is 2.18. The molecule has 0 atom stereocenters. The minimum absolute atomic E-state index is 0.0592. The van der Waals surface area contributed by atoms with Crippen LogP contribution >= 0.6 is 0 Å². The molecule has 0 saturated heterocycles. The molecule has 90 valence electrons. The van der Waals surface area contributed by atoms with Crippen LogP contribution in [0, 0.1) is 6.92 Å². The van der Waals surface area contributed by atoms with Crippen molar-refractivity contribution in [3.8, 4) is 5.82 Å². The van der Waals surface area contributed by atoms with Gasteiger partial charge in [0, 0.05) is 11.8 Å². The van der Waals surface area contributed by atoms with Crippen LogP contribution in [0.4, 0.5) is 19.0 Å². The highest BCUT2D eigenvalue weighted by Crippen LogP contribution is 2.33. The van der Waals surface area contributed by atoms with Crippen molar-refractivity contribution in [2.45, 2.75) is 13.1 Å². The zero-order chi connectivity index (χ0) is 12.6. The monoisotopic (exact) mass is 242 g/mol. The van der Waals surface area contributed by atoms with Gasteiger partial charge in [-0.3, -0.25) is 0 Å². The lowest BCUT2D eigenvalue weighted by Gasteiger charge is -2.02. The number of nitrogen functional groups attached to an aromatic ring is 1. The Hall–Kier alpha value is -2.05. The summed E-state index contributed by atoms with van der Waals surface area (Å²) in [6.07, 6.45) is -3.06. The first-order valence-corrected chi connectivity index (χ1v) is 4.75. The molecule has 0 aromatic carbocycles. The van der Waals surface area contributed by atoms with Gasteiger partial charge in [0.25, 0.3) is 0 Å². The lowest BCUT2D eigenvalue weighted by Crippen LogP contribution is -2.09. The van der Waals surface area contributed by atoms with Crippen molar-refractivity contribution in [3.63, 3.8) is 0 Å². The topological polar surface area (TPSA) is 56.7 Å². The highest BCUT2D eigenvalue weighted by molar-refractivity contribution is 5.48. The van der Waals surface area contributed by atoms with E-state index in [1.54, 1.807) is 12.1 Å². The molecule has 0 aliphatic rings. The van der Waals surface area contributed by atoms with Gasteiger partial charge in [-0.25, -0.2) is 4.98 Å². The fourth-order valence-corrected chi connectivity index (χ4v) is 1.43. The van der Waals surface area contributed by atoms with E-state index in [-0.39, 0.29) is 17.2 Å². The molecule has 0 bridgehead atoms. The number of alkyl halides is 3. The first kappa shape index (κ1) is 11.4. The molecule has 2 aromatic rings. The largest absolute Gasteiger partial charge is 0.435 e. The van der Waals surface area contributed by atoms with Crippen LogP contribution in [-0.2, 0) is 6.18 Å². The molecule has 0 radical (unpaired) electrons. The van der Waals surface area contributed by atoms with Crippen LogP contribution in [0.15, 0.2) is 24.4 Å². The summed E-state index contributed by atoms with van der Waals surface area (Å²) >= 11 is 0. The van der Waals surface area contributed by atoms with E-state index in [1.807, 2.05) is 0 Å². The highest BCUT2D eigenvalue weighted by Gasteiger charge is 2.37. The minimum Gasteiger partial charge on any atom is -0.383 e. The molecule has 2 rings (SSSR count). The third-order valence-electron chi connectivity index (χ3n) is 2.30. The van der Waals surface area contributed by atoms with Crippen molar-refractivity contribution >= 4 is 5.82 Å². The standard InChI is InChI=1S/C10H9F3N4/c1-6-8(10(11,12)13)16-17(9(6)14)7-4-2-3-5-15-7/h2-5H,14H2,1H3. The fourth-order valence-electron chi connectivity index (χ4n) is 1.43. The fraction of sp³-hybridized carbons (Fsp3) is 0.200. The summed E-state index contributed by atoms with van der Waals surface area (Å²) in [5.41, 5.74) is 4.51. The molecule has 0 aliphatic heterocycles. The number of aromatic nitrogens is 3. The van der Waals surface area contributed by atoms with Gasteiger partial charge in [-0.2, -0.15) is 23.0 Å². The van der Waals surface area contributed by atoms with E-state index in [1.165, 1.54) is 19.2 Å². The Bertz CT molecular complexity index is 530. The molecular weight excluding hydrogens is 233 g/mol. The highest BCUT2D eigenvalue weighted by atomic mass is 19.4. The van der Waals surface area contributed by atoms with Crippen LogP contribution in [0.5, 0.6) is 0 Å². The van der Waals surface area contributed by atoms with Crippen molar-refractivity contribution in [2.24, 2.45) is 0 Å². The van der Waals surface area contributed by atoms with Gasteiger partial charge in [0.15, 0.2) is 11.5 Å². The van der Waals surface area contributed by atoms with Gasteiger partial charge >= 0.3 is 6.18 Å². The predicted molar refractivity (Wildman–Crippen MR) is 55.5 cm³/mol. The second kappa shape index (κ2) is 3.76. The average molecular weight is 242 g/mol. The number of rotatable bonds is 1. The molecule has 0 unspecified atom stereocenters. The van der Waals surface area contributed by atoms with Crippen molar-refractivity contribution in [3.05, 3.63) is 35.7 Å². The number of hydrogen-bond donors (Lipinski definition) is 1. The van der Waals surface area contributed by atoms with Gasteiger partial charge in [0.2, 0.25) is 0 Å². The molecule has 0 amide bonds. The zero-order valence-corrected chi connectivity index (χ0v) is 8.86. The van der Waals surface area contributed by atoms with Crippen LogP contribution in [0.3, 0.4) is 0 Å². The normalized spacial score (nSPS) is 11.8. The maximum atomic E-state index is 12.6. The quantitative estimate of drug-likeness (QED) is 0.833. The lowest BCUT2D eigenvalue weighted by molar-refractivity contribution is -0.141. The van der Waals surface area contributed by atoms with Crippen molar-refractivity contribution in [1.29, 1.82) is 0 Å². The van der Waals surface area contributed by atoms with Gasteiger partial charge in [0.05, 0.1) is 0 Å². The van der Waals surface area contributed by atoms with Gasteiger partial charge in [-0.15, -0.1) is 0 Å². The van der Waals surface area contributed by atoms with Crippen molar-refractivity contribution < 1.29 is 13.2 Å². The van der Waals surface area contributed by atoms with Gasteiger partial charge in [-0.05, 0) is 19.1 Å². The number of nitrogens with zero attached hydrogens (tertiary/aromatic N) is 3. The maximum Gasteiger partial charge on any atom is 0.435 e. The number of halogens is 3. The van der Waals surface area contributed by atoms with E-state index in [9.17, 15) is 13.2 Å². The Morgan fingerprint density at radius 3 is 2.47 bits per heavy atom. The van der Waals surface area contributed by atoms with Gasteiger partial charge in [0.1, 0.15) is 5.82 Å². The maximum absolute atomic E-state index is 12.6. The summed E-state index contributed by atoms with van der Waals surface area (Å²) < 4.78 is 38.8. The molecule has 0 saturated carbocycles. The van der Waals surface area contributed by atoms with Gasteiger partial charge < -0.3 is 5.73 Å². The summed E-state index contributed by atoms with van der Waals surface area (Å²) in [5, 5.41) is 3.46. The molecule has 17 heavy (non-hydrogen) atoms. The molecular formula is C10H9F3N4. The van der Waals surface area contributed by atoms with E-state index >= 15 is 0 Å². The van der Waals surface area contributed by atoms with Crippen LogP contribution in [0.25, 0.3) is 5.82 Å². The van der Waals surface area contributed by atoms with E-state index in [0.717, 1.165) is 4.68 Å². The number of hydrogen-bond acceptors (Lipinski definition) is 3. The Labute approximate surface area is 94.9 Å². The molecule has 2 N–H and O–H groups in total. The third-order valence-corrected chi connectivity index (χ3v) is 2.30. The summed E-state index contributed by atoms with van der Waals surface area (Å²) in [7, 11) is 0. The van der Waals surface area contributed by atoms with E-state index in [2.05, 4.69) is 10.1 Å². The average Bonchev–Trinajstić information content (AvgIpc) is 2.57. The Morgan fingerprint density at radius 1 is 1.29 bits per heavy atom. The smallest absolute Gasteiger partial charge is 0.383 e. The second-order valence-electron chi connectivity index (χ2n) is 3.46. The summed E-state index contributed by atoms with van der Waals surface area (Å²) in [6.45, 7) is 1.28. The molecule has 2 aromatic heterocycles.